The Labute approximate surface area is 126 Å². The summed E-state index contributed by atoms with van der Waals surface area (Å²) in [6.45, 7) is 5.58. The van der Waals surface area contributed by atoms with Crippen molar-refractivity contribution in [2.24, 2.45) is 0 Å². The molecule has 0 aromatic heterocycles. The molecule has 1 aromatic rings. The van der Waals surface area contributed by atoms with Gasteiger partial charge in [-0.3, -0.25) is 0 Å². The molecule has 2 atom stereocenters. The maximum atomic E-state index is 10.4. The molecule has 0 saturated carbocycles. The van der Waals surface area contributed by atoms with Crippen LogP contribution in [0.4, 0.5) is 0 Å². The first kappa shape index (κ1) is 14.7. The molecule has 1 aromatic carbocycles. The second-order valence-corrected chi connectivity index (χ2v) is 6.09. The number of nitrogens with zero attached hydrogens (tertiary/aromatic N) is 1. The van der Waals surface area contributed by atoms with Crippen LogP contribution >= 0.6 is 0 Å². The molecule has 1 N–H and O–H groups in total. The molecule has 4 heteroatoms. The van der Waals surface area contributed by atoms with Gasteiger partial charge in [0.15, 0.2) is 11.5 Å². The molecule has 0 aliphatic carbocycles. The summed E-state index contributed by atoms with van der Waals surface area (Å²) in [6, 6.07) is 6.40. The van der Waals surface area contributed by atoms with Crippen molar-refractivity contribution in [3.8, 4) is 11.5 Å². The van der Waals surface area contributed by atoms with E-state index in [9.17, 15) is 5.11 Å². The van der Waals surface area contributed by atoms with Crippen molar-refractivity contribution in [2.75, 3.05) is 26.3 Å². The minimum atomic E-state index is -0.435. The van der Waals surface area contributed by atoms with Gasteiger partial charge >= 0.3 is 0 Å². The highest BCUT2D eigenvalue weighted by atomic mass is 16.6. The molecule has 0 bridgehead atoms. The van der Waals surface area contributed by atoms with Crippen LogP contribution in [0.25, 0.3) is 0 Å². The lowest BCUT2D eigenvalue weighted by Crippen LogP contribution is -2.38. The van der Waals surface area contributed by atoms with E-state index in [1.165, 1.54) is 19.3 Å². The topological polar surface area (TPSA) is 41.9 Å². The first-order chi connectivity index (χ1) is 10.2. The van der Waals surface area contributed by atoms with Gasteiger partial charge in [0.25, 0.3) is 0 Å². The van der Waals surface area contributed by atoms with E-state index < -0.39 is 6.10 Å². The summed E-state index contributed by atoms with van der Waals surface area (Å²) in [5, 5.41) is 10.4. The van der Waals surface area contributed by atoms with Crippen LogP contribution in [0, 0.1) is 0 Å². The number of benzene rings is 1. The highest BCUT2D eigenvalue weighted by Gasteiger charge is 2.20. The number of fused-ring (bicyclic) bond motifs is 1. The molecular weight excluding hydrogens is 266 g/mol. The monoisotopic (exact) mass is 291 g/mol. The second-order valence-electron chi connectivity index (χ2n) is 6.09. The molecule has 2 heterocycles. The molecule has 1 fully saturated rings. The average Bonchev–Trinajstić information content (AvgIpc) is 2.53. The largest absolute Gasteiger partial charge is 0.486 e. The van der Waals surface area contributed by atoms with E-state index in [-0.39, 0.29) is 0 Å². The van der Waals surface area contributed by atoms with Crippen molar-refractivity contribution in [1.82, 2.24) is 4.90 Å². The summed E-state index contributed by atoms with van der Waals surface area (Å²) in [5.74, 6) is 1.53. The SMILES string of the molecule is CC1CCCCN1CCC(O)c1ccc2c(c1)OCCO2. The summed E-state index contributed by atoms with van der Waals surface area (Å²) in [6.07, 6.45) is 4.23. The summed E-state index contributed by atoms with van der Waals surface area (Å²) < 4.78 is 11.1. The van der Waals surface area contributed by atoms with E-state index in [2.05, 4.69) is 11.8 Å². The first-order valence-corrected chi connectivity index (χ1v) is 8.06. The maximum absolute atomic E-state index is 10.4. The molecule has 1 saturated heterocycles. The number of aliphatic hydroxyl groups is 1. The lowest BCUT2D eigenvalue weighted by Gasteiger charge is -2.33. The molecule has 116 valence electrons. The number of aliphatic hydroxyl groups excluding tert-OH is 1. The third-order valence-corrected chi connectivity index (χ3v) is 4.58. The number of hydrogen-bond donors (Lipinski definition) is 1. The third-order valence-electron chi connectivity index (χ3n) is 4.58. The average molecular weight is 291 g/mol. The minimum absolute atomic E-state index is 0.435. The third kappa shape index (κ3) is 3.50. The Morgan fingerprint density at radius 2 is 2.05 bits per heavy atom. The van der Waals surface area contributed by atoms with Gasteiger partial charge in [-0.05, 0) is 50.4 Å². The van der Waals surface area contributed by atoms with Crippen LogP contribution in [-0.2, 0) is 0 Å². The molecule has 0 radical (unpaired) electrons. The van der Waals surface area contributed by atoms with Crippen molar-refractivity contribution < 1.29 is 14.6 Å². The summed E-state index contributed by atoms with van der Waals surface area (Å²) in [4.78, 5) is 2.49. The van der Waals surface area contributed by atoms with E-state index in [4.69, 9.17) is 9.47 Å². The van der Waals surface area contributed by atoms with Crippen molar-refractivity contribution in [3.05, 3.63) is 23.8 Å². The maximum Gasteiger partial charge on any atom is 0.161 e. The van der Waals surface area contributed by atoms with E-state index in [0.29, 0.717) is 19.3 Å². The Kier molecular flexibility index (Phi) is 4.66. The zero-order valence-corrected chi connectivity index (χ0v) is 12.8. The van der Waals surface area contributed by atoms with E-state index in [0.717, 1.165) is 36.6 Å². The van der Waals surface area contributed by atoms with E-state index in [1.807, 2.05) is 18.2 Å². The zero-order chi connectivity index (χ0) is 14.7. The number of likely N-dealkylation sites (tertiary alicyclic amines) is 1. The van der Waals surface area contributed by atoms with Crippen LogP contribution < -0.4 is 9.47 Å². The van der Waals surface area contributed by atoms with Gasteiger partial charge in [-0.15, -0.1) is 0 Å². The predicted octanol–water partition coefficient (Wildman–Crippen LogP) is 2.76. The molecular formula is C17H25NO3. The van der Waals surface area contributed by atoms with Crippen LogP contribution in [0.3, 0.4) is 0 Å². The normalized spacial score (nSPS) is 23.8. The summed E-state index contributed by atoms with van der Waals surface area (Å²) >= 11 is 0. The van der Waals surface area contributed by atoms with E-state index in [1.54, 1.807) is 0 Å². The van der Waals surface area contributed by atoms with Gasteiger partial charge in [0.1, 0.15) is 13.2 Å². The van der Waals surface area contributed by atoms with Gasteiger partial charge in [-0.25, -0.2) is 0 Å². The summed E-state index contributed by atoms with van der Waals surface area (Å²) in [7, 11) is 0. The van der Waals surface area contributed by atoms with E-state index >= 15 is 0 Å². The van der Waals surface area contributed by atoms with Gasteiger partial charge in [0.05, 0.1) is 6.10 Å². The Balaban J connectivity index is 1.58. The smallest absolute Gasteiger partial charge is 0.161 e. The zero-order valence-electron chi connectivity index (χ0n) is 12.8. The Morgan fingerprint density at radius 3 is 2.86 bits per heavy atom. The van der Waals surface area contributed by atoms with Crippen LogP contribution in [0.15, 0.2) is 18.2 Å². The first-order valence-electron chi connectivity index (χ1n) is 8.06. The van der Waals surface area contributed by atoms with Gasteiger partial charge in [0.2, 0.25) is 0 Å². The van der Waals surface area contributed by atoms with Crippen LogP contribution in [0.5, 0.6) is 11.5 Å². The number of ether oxygens (including phenoxy) is 2. The van der Waals surface area contributed by atoms with Crippen molar-refractivity contribution in [3.63, 3.8) is 0 Å². The predicted molar refractivity (Wildman–Crippen MR) is 81.9 cm³/mol. The number of piperidine rings is 1. The van der Waals surface area contributed by atoms with Crippen molar-refractivity contribution in [1.29, 1.82) is 0 Å². The summed E-state index contributed by atoms with van der Waals surface area (Å²) in [5.41, 5.74) is 0.920. The fourth-order valence-electron chi connectivity index (χ4n) is 3.21. The number of hydrogen-bond acceptors (Lipinski definition) is 4. The molecule has 3 rings (SSSR count). The van der Waals surface area contributed by atoms with Gasteiger partial charge < -0.3 is 19.5 Å². The fourth-order valence-corrected chi connectivity index (χ4v) is 3.21. The van der Waals surface area contributed by atoms with Crippen LogP contribution in [0.2, 0.25) is 0 Å². The van der Waals surface area contributed by atoms with Gasteiger partial charge in [0, 0.05) is 12.6 Å². The Hall–Kier alpha value is -1.26. The van der Waals surface area contributed by atoms with Gasteiger partial charge in [-0.2, -0.15) is 0 Å². The molecule has 4 nitrogen and oxygen atoms in total. The molecule has 2 aliphatic rings. The van der Waals surface area contributed by atoms with Gasteiger partial charge in [-0.1, -0.05) is 12.5 Å². The molecule has 2 unspecified atom stereocenters. The quantitative estimate of drug-likeness (QED) is 0.926. The van der Waals surface area contributed by atoms with Crippen molar-refractivity contribution in [2.45, 2.75) is 44.8 Å². The van der Waals surface area contributed by atoms with Crippen molar-refractivity contribution >= 4 is 0 Å². The number of rotatable bonds is 4. The minimum Gasteiger partial charge on any atom is -0.486 e. The van der Waals surface area contributed by atoms with Crippen LogP contribution in [0.1, 0.15) is 44.3 Å². The molecule has 0 spiro atoms. The molecule has 2 aliphatic heterocycles. The lowest BCUT2D eigenvalue weighted by atomic mass is 10.0. The highest BCUT2D eigenvalue weighted by Crippen LogP contribution is 2.33. The second kappa shape index (κ2) is 6.67. The lowest BCUT2D eigenvalue weighted by molar-refractivity contribution is 0.109. The standard InChI is InChI=1S/C17H25NO3/c1-13-4-2-3-8-18(13)9-7-15(19)14-5-6-16-17(12-14)21-11-10-20-16/h5-6,12-13,15,19H,2-4,7-11H2,1H3. The molecule has 0 amide bonds. The highest BCUT2D eigenvalue weighted by molar-refractivity contribution is 5.44. The fraction of sp³-hybridized carbons (Fsp3) is 0.647. The Morgan fingerprint density at radius 1 is 1.24 bits per heavy atom. The van der Waals surface area contributed by atoms with Crippen LogP contribution in [-0.4, -0.2) is 42.4 Å². The Bertz CT molecular complexity index is 477. The molecule has 21 heavy (non-hydrogen) atoms.